The van der Waals surface area contributed by atoms with Gasteiger partial charge in [-0.15, -0.1) is 0 Å². The van der Waals surface area contributed by atoms with Crippen molar-refractivity contribution in [3.8, 4) is 11.1 Å². The molecule has 6 aliphatic carbocycles. The first-order valence-electron chi connectivity index (χ1n) is 23.8. The second-order valence-corrected chi connectivity index (χ2v) is 21.6. The van der Waals surface area contributed by atoms with Gasteiger partial charge in [0.15, 0.2) is 0 Å². The Morgan fingerprint density at radius 2 is 0.730 bits per heavy atom. The summed E-state index contributed by atoms with van der Waals surface area (Å²) in [5.74, 6) is 0. The summed E-state index contributed by atoms with van der Waals surface area (Å²) >= 11 is 0. The highest BCUT2D eigenvalue weighted by Crippen LogP contribution is 2.60. The SMILES string of the molecule is CC12CCC(C)(CC1)c1cc3c(cc12)B1c2cc4c(cc2N(c2cccc5ccccc25)c2cc(-c5ccccc5)cc(c21)N3c1cccc2ccccc12)C1(C)CCC4(C)CC1. The van der Waals surface area contributed by atoms with Crippen molar-refractivity contribution in [1.82, 2.24) is 0 Å². The topological polar surface area (TPSA) is 6.48 Å². The van der Waals surface area contributed by atoms with Gasteiger partial charge in [-0.05, 0) is 170 Å². The first kappa shape index (κ1) is 36.4. The molecule has 0 radical (unpaired) electrons. The molecule has 2 fully saturated rings. The second kappa shape index (κ2) is 12.3. The molecule has 306 valence electrons. The van der Waals surface area contributed by atoms with Crippen LogP contribution in [-0.4, -0.2) is 6.71 Å². The average molecular weight is 813 g/mol. The Hall–Kier alpha value is -6.06. The van der Waals surface area contributed by atoms with Gasteiger partial charge < -0.3 is 9.80 Å². The molecule has 8 aromatic carbocycles. The summed E-state index contributed by atoms with van der Waals surface area (Å²) < 4.78 is 0. The minimum Gasteiger partial charge on any atom is -0.311 e. The third-order valence-corrected chi connectivity index (χ3v) is 18.0. The quantitative estimate of drug-likeness (QED) is 0.164. The van der Waals surface area contributed by atoms with E-state index in [9.17, 15) is 0 Å². The van der Waals surface area contributed by atoms with Gasteiger partial charge in [-0.1, -0.05) is 143 Å². The Labute approximate surface area is 372 Å². The number of hydrogen-bond donors (Lipinski definition) is 0. The van der Waals surface area contributed by atoms with Gasteiger partial charge in [0.25, 0.3) is 6.71 Å². The number of rotatable bonds is 3. The molecule has 16 rings (SSSR count). The Balaban J connectivity index is 1.17. The molecular weight excluding hydrogens is 759 g/mol. The van der Waals surface area contributed by atoms with Crippen LogP contribution in [0.25, 0.3) is 32.7 Å². The van der Waals surface area contributed by atoms with E-state index in [2.05, 4.69) is 189 Å². The molecule has 4 bridgehead atoms. The number of hydrogen-bond acceptors (Lipinski definition) is 2. The Bertz CT molecular complexity index is 3070. The van der Waals surface area contributed by atoms with E-state index < -0.39 is 0 Å². The molecule has 0 aromatic heterocycles. The highest BCUT2D eigenvalue weighted by Gasteiger charge is 2.53. The molecule has 8 aromatic rings. The van der Waals surface area contributed by atoms with Gasteiger partial charge in [-0.2, -0.15) is 0 Å². The number of anilines is 6. The van der Waals surface area contributed by atoms with Crippen LogP contribution in [0.2, 0.25) is 0 Å². The first-order valence-corrected chi connectivity index (χ1v) is 23.8. The van der Waals surface area contributed by atoms with Crippen LogP contribution in [0.3, 0.4) is 0 Å². The highest BCUT2D eigenvalue weighted by atomic mass is 15.2. The van der Waals surface area contributed by atoms with Gasteiger partial charge >= 0.3 is 0 Å². The predicted molar refractivity (Wildman–Crippen MR) is 267 cm³/mol. The van der Waals surface area contributed by atoms with Gasteiger partial charge in [0.2, 0.25) is 0 Å². The lowest BCUT2D eigenvalue weighted by atomic mass is 9.32. The fourth-order valence-electron chi connectivity index (χ4n) is 14.0. The Kier molecular flexibility index (Phi) is 7.14. The van der Waals surface area contributed by atoms with Crippen molar-refractivity contribution in [2.75, 3.05) is 9.80 Å². The third kappa shape index (κ3) is 4.81. The fourth-order valence-corrected chi connectivity index (χ4v) is 14.0. The van der Waals surface area contributed by atoms with Crippen LogP contribution in [0.15, 0.2) is 152 Å². The molecule has 2 aliphatic heterocycles. The van der Waals surface area contributed by atoms with E-state index in [-0.39, 0.29) is 28.4 Å². The molecule has 0 saturated heterocycles. The van der Waals surface area contributed by atoms with Crippen LogP contribution in [0.4, 0.5) is 34.1 Å². The van der Waals surface area contributed by atoms with Crippen molar-refractivity contribution in [3.05, 3.63) is 174 Å². The van der Waals surface area contributed by atoms with Crippen LogP contribution in [0, 0.1) is 0 Å². The molecule has 3 heteroatoms. The summed E-state index contributed by atoms with van der Waals surface area (Å²) in [4.78, 5) is 5.42. The molecule has 0 amide bonds. The maximum Gasteiger partial charge on any atom is 0.252 e. The Morgan fingerprint density at radius 3 is 1.17 bits per heavy atom. The molecule has 0 atom stereocenters. The van der Waals surface area contributed by atoms with E-state index in [0.29, 0.717) is 0 Å². The van der Waals surface area contributed by atoms with E-state index in [1.807, 2.05) is 0 Å². The van der Waals surface area contributed by atoms with Gasteiger partial charge in [0.1, 0.15) is 0 Å². The molecule has 2 saturated carbocycles. The standard InChI is InChI=1S/C60H53BN2/c1-57-24-28-59(3,29-25-57)46-36-52-48(34-44(46)57)61-49-35-45-47(60(4)30-26-58(45,2)27-31-60)37-53(49)63(51-23-13-19-40-17-9-11-21-43(40)51)55-33-41(38-14-6-5-7-15-38)32-54(56(55)61)62(52)50-22-12-18-39-16-8-10-20-42(39)50/h5-23,32-37H,24-31H2,1-4H3. The van der Waals surface area contributed by atoms with Crippen molar-refractivity contribution >= 4 is 78.8 Å². The van der Waals surface area contributed by atoms with Crippen LogP contribution < -0.4 is 26.2 Å². The largest absolute Gasteiger partial charge is 0.311 e. The predicted octanol–water partition coefficient (Wildman–Crippen LogP) is 13.9. The van der Waals surface area contributed by atoms with Crippen molar-refractivity contribution in [3.63, 3.8) is 0 Å². The normalized spacial score (nSPS) is 25.7. The summed E-state index contributed by atoms with van der Waals surface area (Å²) in [5, 5.41) is 5.12. The number of nitrogens with zero attached hydrogens (tertiary/aromatic N) is 2. The van der Waals surface area contributed by atoms with E-state index in [0.717, 1.165) is 0 Å². The summed E-state index contributed by atoms with van der Waals surface area (Å²) in [6.07, 6.45) is 10.1. The van der Waals surface area contributed by atoms with E-state index in [1.54, 1.807) is 22.3 Å². The smallest absolute Gasteiger partial charge is 0.252 e. The summed E-state index contributed by atoms with van der Waals surface area (Å²) in [7, 11) is 0. The zero-order valence-corrected chi connectivity index (χ0v) is 37.1. The van der Waals surface area contributed by atoms with Crippen molar-refractivity contribution in [2.45, 2.75) is 101 Å². The minimum absolute atomic E-state index is 0.0756. The lowest BCUT2D eigenvalue weighted by molar-refractivity contribution is 0.188. The molecule has 0 spiro atoms. The van der Waals surface area contributed by atoms with E-state index in [1.165, 1.54) is 135 Å². The fraction of sp³-hybridized carbons (Fsp3) is 0.267. The van der Waals surface area contributed by atoms with Crippen LogP contribution in [0.1, 0.15) is 101 Å². The van der Waals surface area contributed by atoms with E-state index in [4.69, 9.17) is 0 Å². The van der Waals surface area contributed by atoms with Gasteiger partial charge in [0.05, 0.1) is 11.4 Å². The Morgan fingerprint density at radius 1 is 0.349 bits per heavy atom. The maximum absolute atomic E-state index is 2.76. The molecule has 8 aliphatic rings. The molecule has 0 unspecified atom stereocenters. The minimum atomic E-state index is 0.0756. The highest BCUT2D eigenvalue weighted by molar-refractivity contribution is 7.00. The van der Waals surface area contributed by atoms with Crippen molar-refractivity contribution in [1.29, 1.82) is 0 Å². The van der Waals surface area contributed by atoms with Crippen LogP contribution in [0.5, 0.6) is 0 Å². The molecule has 2 heterocycles. The van der Waals surface area contributed by atoms with Crippen molar-refractivity contribution in [2.24, 2.45) is 0 Å². The monoisotopic (exact) mass is 812 g/mol. The van der Waals surface area contributed by atoms with Gasteiger partial charge in [-0.25, -0.2) is 0 Å². The molecule has 0 N–H and O–H groups in total. The lowest BCUT2D eigenvalue weighted by Crippen LogP contribution is -2.62. The summed E-state index contributed by atoms with van der Waals surface area (Å²) in [6, 6.07) is 59.1. The zero-order chi connectivity index (χ0) is 42.0. The van der Waals surface area contributed by atoms with Crippen molar-refractivity contribution < 1.29 is 0 Å². The molecular formula is C60H53BN2. The summed E-state index contributed by atoms with van der Waals surface area (Å²) in [6.45, 7) is 10.4. The van der Waals surface area contributed by atoms with E-state index >= 15 is 0 Å². The van der Waals surface area contributed by atoms with Gasteiger partial charge in [-0.3, -0.25) is 0 Å². The number of benzene rings is 8. The maximum atomic E-state index is 2.76. The zero-order valence-electron chi connectivity index (χ0n) is 37.1. The van der Waals surface area contributed by atoms with Crippen LogP contribution in [-0.2, 0) is 21.7 Å². The molecule has 2 nitrogen and oxygen atoms in total. The third-order valence-electron chi connectivity index (χ3n) is 18.0. The lowest BCUT2D eigenvalue weighted by Gasteiger charge is -2.54. The first-order chi connectivity index (χ1) is 30.6. The molecule has 63 heavy (non-hydrogen) atoms. The summed E-state index contributed by atoms with van der Waals surface area (Å²) in [5.41, 5.74) is 21.8. The number of fused-ring (bicyclic) bond motifs is 10. The average Bonchev–Trinajstić information content (AvgIpc) is 3.32. The van der Waals surface area contributed by atoms with Crippen LogP contribution >= 0.6 is 0 Å². The second-order valence-electron chi connectivity index (χ2n) is 21.6. The van der Waals surface area contributed by atoms with Gasteiger partial charge in [0, 0.05) is 33.5 Å².